The fourth-order valence-corrected chi connectivity index (χ4v) is 2.54. The van der Waals surface area contributed by atoms with Crippen LogP contribution in [0.2, 0.25) is 0 Å². The number of halogens is 3. The summed E-state index contributed by atoms with van der Waals surface area (Å²) in [5.41, 5.74) is -0.584. The van der Waals surface area contributed by atoms with E-state index >= 15 is 0 Å². The quantitative estimate of drug-likeness (QED) is 0.762. The van der Waals surface area contributed by atoms with Crippen LogP contribution in [0.5, 0.6) is 0 Å². The van der Waals surface area contributed by atoms with Gasteiger partial charge in [0.05, 0.1) is 11.7 Å². The molecule has 0 aromatic heterocycles. The van der Waals surface area contributed by atoms with Crippen LogP contribution in [0.15, 0.2) is 0 Å². The van der Waals surface area contributed by atoms with E-state index in [0.717, 1.165) is 0 Å². The minimum absolute atomic E-state index is 0.00529. The molecule has 20 heavy (non-hydrogen) atoms. The second-order valence-corrected chi connectivity index (χ2v) is 6.09. The average molecular weight is 294 g/mol. The summed E-state index contributed by atoms with van der Waals surface area (Å²) in [6.07, 6.45) is -3.84. The second-order valence-electron chi connectivity index (χ2n) is 6.09. The summed E-state index contributed by atoms with van der Waals surface area (Å²) in [5, 5.41) is 3.33. The Labute approximate surface area is 118 Å². The maximum absolute atomic E-state index is 12.4. The third-order valence-corrected chi connectivity index (χ3v) is 3.98. The molecule has 1 amide bonds. The zero-order valence-corrected chi connectivity index (χ0v) is 12.7. The van der Waals surface area contributed by atoms with Crippen LogP contribution >= 0.6 is 0 Å². The highest BCUT2D eigenvalue weighted by molar-refractivity contribution is 5.88. The van der Waals surface area contributed by atoms with E-state index in [2.05, 4.69) is 5.32 Å². The fraction of sp³-hybridized carbons (Fsp3) is 0.929. The lowest BCUT2D eigenvalue weighted by Crippen LogP contribution is -2.45. The van der Waals surface area contributed by atoms with Gasteiger partial charge in [-0.15, -0.1) is 0 Å². The van der Waals surface area contributed by atoms with Gasteiger partial charge in [-0.2, -0.15) is 13.2 Å². The molecule has 118 valence electrons. The van der Waals surface area contributed by atoms with Gasteiger partial charge in [-0.05, 0) is 32.1 Å². The van der Waals surface area contributed by atoms with Gasteiger partial charge in [0.15, 0.2) is 0 Å². The number of carbonyl (C=O) groups excluding carboxylic acids is 1. The number of nitrogens with zero attached hydrogens (tertiary/aromatic N) is 1. The normalized spacial score (nSPS) is 27.7. The molecule has 1 fully saturated rings. The van der Waals surface area contributed by atoms with Crippen molar-refractivity contribution in [3.63, 3.8) is 0 Å². The number of hydrogen-bond donors (Lipinski definition) is 1. The van der Waals surface area contributed by atoms with E-state index in [1.807, 2.05) is 27.7 Å². The Balaban J connectivity index is 2.59. The van der Waals surface area contributed by atoms with E-state index in [1.54, 1.807) is 4.90 Å². The summed E-state index contributed by atoms with van der Waals surface area (Å²) in [4.78, 5) is 14.1. The van der Waals surface area contributed by atoms with Crippen molar-refractivity contribution in [1.29, 1.82) is 0 Å². The first-order valence-corrected chi connectivity index (χ1v) is 7.26. The average Bonchev–Trinajstić information content (AvgIpc) is 2.58. The van der Waals surface area contributed by atoms with Crippen molar-refractivity contribution in [2.24, 2.45) is 5.92 Å². The highest BCUT2D eigenvalue weighted by Crippen LogP contribution is 2.28. The maximum atomic E-state index is 12.4. The molecule has 0 spiro atoms. The predicted octanol–water partition coefficient (Wildman–Crippen LogP) is 3.30. The molecule has 0 aromatic rings. The molecule has 0 aliphatic carbocycles. The zero-order chi connectivity index (χ0) is 15.6. The van der Waals surface area contributed by atoms with Crippen molar-refractivity contribution in [1.82, 2.24) is 10.2 Å². The lowest BCUT2D eigenvalue weighted by atomic mass is 9.99. The van der Waals surface area contributed by atoms with Crippen LogP contribution in [0, 0.1) is 5.92 Å². The van der Waals surface area contributed by atoms with Gasteiger partial charge < -0.3 is 4.90 Å². The number of hydrogen-bond acceptors (Lipinski definition) is 2. The summed E-state index contributed by atoms with van der Waals surface area (Å²) < 4.78 is 36.4. The first kappa shape index (κ1) is 17.3. The van der Waals surface area contributed by atoms with Crippen molar-refractivity contribution in [2.75, 3.05) is 6.54 Å². The van der Waals surface area contributed by atoms with Gasteiger partial charge in [-0.25, -0.2) is 0 Å². The third kappa shape index (κ3) is 4.11. The molecule has 2 atom stereocenters. The molecule has 0 aromatic carbocycles. The second kappa shape index (κ2) is 6.33. The standard InChI is InChI=1S/C14H25F3N2O/c1-5-13(4)12(20)19(11(18-13)10(2)3)9-7-6-8-14(15,16)17/h10-11,18H,5-9H2,1-4H3. The van der Waals surface area contributed by atoms with Crippen LogP contribution in [0.3, 0.4) is 0 Å². The number of alkyl halides is 3. The van der Waals surface area contributed by atoms with Crippen molar-refractivity contribution in [3.8, 4) is 0 Å². The predicted molar refractivity (Wildman–Crippen MR) is 72.1 cm³/mol. The number of carbonyl (C=O) groups is 1. The van der Waals surface area contributed by atoms with Crippen molar-refractivity contribution in [2.45, 2.75) is 71.3 Å². The van der Waals surface area contributed by atoms with Gasteiger partial charge in [0, 0.05) is 13.0 Å². The van der Waals surface area contributed by atoms with Crippen LogP contribution in [-0.2, 0) is 4.79 Å². The van der Waals surface area contributed by atoms with Crippen LogP contribution in [0.25, 0.3) is 0 Å². The molecule has 0 radical (unpaired) electrons. The minimum Gasteiger partial charge on any atom is -0.325 e. The smallest absolute Gasteiger partial charge is 0.325 e. The van der Waals surface area contributed by atoms with Crippen LogP contribution in [0.4, 0.5) is 13.2 Å². The Bertz CT molecular complexity index is 344. The Morgan fingerprint density at radius 1 is 1.35 bits per heavy atom. The van der Waals surface area contributed by atoms with Crippen LogP contribution in [-0.4, -0.2) is 35.2 Å². The third-order valence-electron chi connectivity index (χ3n) is 3.98. The molecule has 1 N–H and O–H groups in total. The molecule has 1 aliphatic heterocycles. The Kier molecular flexibility index (Phi) is 5.46. The Morgan fingerprint density at radius 3 is 2.40 bits per heavy atom. The molecule has 3 nitrogen and oxygen atoms in total. The van der Waals surface area contributed by atoms with Crippen molar-refractivity contribution >= 4 is 5.91 Å². The van der Waals surface area contributed by atoms with Crippen molar-refractivity contribution in [3.05, 3.63) is 0 Å². The van der Waals surface area contributed by atoms with Crippen LogP contribution < -0.4 is 5.32 Å². The Hall–Kier alpha value is -0.780. The Morgan fingerprint density at radius 2 is 1.95 bits per heavy atom. The van der Waals surface area contributed by atoms with Gasteiger partial charge in [-0.1, -0.05) is 20.8 Å². The summed E-state index contributed by atoms with van der Waals surface area (Å²) in [5.74, 6) is 0.237. The first-order chi connectivity index (χ1) is 9.10. The molecule has 0 saturated carbocycles. The minimum atomic E-state index is -4.11. The fourth-order valence-electron chi connectivity index (χ4n) is 2.54. The highest BCUT2D eigenvalue weighted by Gasteiger charge is 2.47. The number of nitrogens with one attached hydrogen (secondary N) is 1. The van der Waals surface area contributed by atoms with Gasteiger partial charge in [0.1, 0.15) is 0 Å². The van der Waals surface area contributed by atoms with Crippen molar-refractivity contribution < 1.29 is 18.0 Å². The number of rotatable bonds is 6. The summed E-state index contributed by atoms with van der Waals surface area (Å²) in [6, 6.07) is 0. The molecule has 0 bridgehead atoms. The largest absolute Gasteiger partial charge is 0.389 e. The first-order valence-electron chi connectivity index (χ1n) is 7.26. The lowest BCUT2D eigenvalue weighted by Gasteiger charge is -2.27. The van der Waals surface area contributed by atoms with Gasteiger partial charge in [0.2, 0.25) is 5.91 Å². The van der Waals surface area contributed by atoms with E-state index in [-0.39, 0.29) is 24.4 Å². The summed E-state index contributed by atoms with van der Waals surface area (Å²) in [6.45, 7) is 8.21. The monoisotopic (exact) mass is 294 g/mol. The van der Waals surface area contributed by atoms with Gasteiger partial charge >= 0.3 is 6.18 Å². The van der Waals surface area contributed by atoms with E-state index in [0.29, 0.717) is 19.4 Å². The topological polar surface area (TPSA) is 32.3 Å². The molecular weight excluding hydrogens is 269 g/mol. The lowest BCUT2D eigenvalue weighted by molar-refractivity contribution is -0.136. The molecule has 6 heteroatoms. The zero-order valence-electron chi connectivity index (χ0n) is 12.7. The molecular formula is C14H25F3N2O. The number of amides is 1. The molecule has 1 aliphatic rings. The molecule has 1 rings (SSSR count). The highest BCUT2D eigenvalue weighted by atomic mass is 19.4. The molecule has 1 saturated heterocycles. The SMILES string of the molecule is CCC1(C)NC(C(C)C)N(CCCCC(F)(F)F)C1=O. The maximum Gasteiger partial charge on any atom is 0.389 e. The van der Waals surface area contributed by atoms with E-state index in [1.165, 1.54) is 0 Å². The van der Waals surface area contributed by atoms with E-state index in [9.17, 15) is 18.0 Å². The molecule has 1 heterocycles. The summed E-state index contributed by atoms with van der Waals surface area (Å²) in [7, 11) is 0. The molecule has 2 unspecified atom stereocenters. The number of unbranched alkanes of at least 4 members (excludes halogenated alkanes) is 1. The van der Waals surface area contributed by atoms with E-state index in [4.69, 9.17) is 0 Å². The van der Waals surface area contributed by atoms with Gasteiger partial charge in [-0.3, -0.25) is 10.1 Å². The van der Waals surface area contributed by atoms with E-state index < -0.39 is 18.1 Å². The summed E-state index contributed by atoms with van der Waals surface area (Å²) >= 11 is 0. The van der Waals surface area contributed by atoms with Gasteiger partial charge in [0.25, 0.3) is 0 Å². The van der Waals surface area contributed by atoms with Crippen LogP contribution in [0.1, 0.15) is 53.4 Å².